The summed E-state index contributed by atoms with van der Waals surface area (Å²) in [4.78, 5) is 4.90. The molecule has 5 nitrogen and oxygen atoms in total. The molecule has 6 heteroatoms. The maximum absolute atomic E-state index is 13.5. The molecule has 0 spiro atoms. The highest BCUT2D eigenvalue weighted by molar-refractivity contribution is 5.62. The molecule has 4 rings (SSSR count). The Labute approximate surface area is 141 Å². The molecule has 0 saturated carbocycles. The zero-order valence-corrected chi connectivity index (χ0v) is 13.9. The van der Waals surface area contributed by atoms with Crippen LogP contribution in [0.3, 0.4) is 0 Å². The number of hydrogen-bond donors (Lipinski definition) is 1. The number of aromatic nitrogens is 2. The van der Waals surface area contributed by atoms with Crippen molar-refractivity contribution in [3.63, 3.8) is 0 Å². The van der Waals surface area contributed by atoms with Crippen molar-refractivity contribution in [1.82, 2.24) is 20.0 Å². The van der Waals surface area contributed by atoms with Gasteiger partial charge in [0.15, 0.2) is 0 Å². The second-order valence-electron chi connectivity index (χ2n) is 6.97. The fourth-order valence-electron chi connectivity index (χ4n) is 3.84. The molecule has 2 bridgehead atoms. The average molecular weight is 330 g/mol. The highest BCUT2D eigenvalue weighted by atomic mass is 19.1. The second-order valence-corrected chi connectivity index (χ2v) is 6.97. The number of benzene rings is 1. The van der Waals surface area contributed by atoms with E-state index in [0.717, 1.165) is 56.2 Å². The van der Waals surface area contributed by atoms with Gasteiger partial charge in [-0.15, -0.1) is 0 Å². The van der Waals surface area contributed by atoms with E-state index in [-0.39, 0.29) is 5.82 Å². The number of aromatic amines is 1. The van der Waals surface area contributed by atoms with Gasteiger partial charge in [-0.2, -0.15) is 5.10 Å². The van der Waals surface area contributed by atoms with E-state index in [1.807, 2.05) is 12.3 Å². The Morgan fingerprint density at radius 3 is 3.08 bits per heavy atom. The van der Waals surface area contributed by atoms with Gasteiger partial charge >= 0.3 is 0 Å². The van der Waals surface area contributed by atoms with Crippen molar-refractivity contribution in [3.8, 4) is 11.3 Å². The van der Waals surface area contributed by atoms with Gasteiger partial charge in [-0.25, -0.2) is 4.39 Å². The number of fused-ring (bicyclic) bond motifs is 3. The standard InChI is InChI=1S/C18H23FN4O/c1-22-7-13-8-23(10-17(22)12-24-11-13)9-15-6-20-21-18(15)14-3-2-4-16(19)5-14/h2-6,13,17H,7-12H2,1H3,(H,20,21)/t13-,17+/m1/s1. The average Bonchev–Trinajstić information content (AvgIpc) is 2.85. The zero-order valence-electron chi connectivity index (χ0n) is 13.9. The van der Waals surface area contributed by atoms with Crippen LogP contribution in [-0.2, 0) is 11.3 Å². The first-order valence-corrected chi connectivity index (χ1v) is 8.47. The molecule has 0 aliphatic carbocycles. The maximum Gasteiger partial charge on any atom is 0.123 e. The van der Waals surface area contributed by atoms with E-state index in [2.05, 4.69) is 27.0 Å². The van der Waals surface area contributed by atoms with Crippen LogP contribution in [0.2, 0.25) is 0 Å². The first-order chi connectivity index (χ1) is 11.7. The summed E-state index contributed by atoms with van der Waals surface area (Å²) in [7, 11) is 2.19. The Hall–Kier alpha value is -1.76. The van der Waals surface area contributed by atoms with E-state index in [4.69, 9.17) is 4.74 Å². The van der Waals surface area contributed by atoms with Crippen molar-refractivity contribution < 1.29 is 9.13 Å². The molecule has 0 radical (unpaired) electrons. The monoisotopic (exact) mass is 330 g/mol. The number of likely N-dealkylation sites (N-methyl/N-ethyl adjacent to an activating group) is 1. The number of ether oxygens (including phenoxy) is 1. The Kier molecular flexibility index (Phi) is 4.35. The van der Waals surface area contributed by atoms with E-state index < -0.39 is 0 Å². The molecule has 128 valence electrons. The Bertz CT molecular complexity index is 704. The van der Waals surface area contributed by atoms with Crippen LogP contribution in [0.4, 0.5) is 4.39 Å². The predicted octanol–water partition coefficient (Wildman–Crippen LogP) is 1.98. The molecule has 0 unspecified atom stereocenters. The van der Waals surface area contributed by atoms with Crippen LogP contribution in [0.1, 0.15) is 5.56 Å². The van der Waals surface area contributed by atoms with E-state index in [1.165, 1.54) is 6.07 Å². The highest BCUT2D eigenvalue weighted by Crippen LogP contribution is 2.25. The van der Waals surface area contributed by atoms with Crippen LogP contribution < -0.4 is 0 Å². The summed E-state index contributed by atoms with van der Waals surface area (Å²) in [5.74, 6) is 0.308. The van der Waals surface area contributed by atoms with Crippen LogP contribution in [0.5, 0.6) is 0 Å². The normalized spacial score (nSPS) is 25.6. The zero-order chi connectivity index (χ0) is 16.5. The Balaban J connectivity index is 1.55. The molecule has 0 amide bonds. The smallest absolute Gasteiger partial charge is 0.123 e. The van der Waals surface area contributed by atoms with Crippen molar-refractivity contribution in [2.75, 3.05) is 39.9 Å². The lowest BCUT2D eigenvalue weighted by Gasteiger charge is -2.29. The first kappa shape index (κ1) is 15.7. The lowest BCUT2D eigenvalue weighted by Crippen LogP contribution is -2.41. The summed E-state index contributed by atoms with van der Waals surface area (Å²) in [6.07, 6.45) is 1.86. The van der Waals surface area contributed by atoms with E-state index >= 15 is 0 Å². The van der Waals surface area contributed by atoms with Crippen molar-refractivity contribution in [2.24, 2.45) is 5.92 Å². The van der Waals surface area contributed by atoms with Crippen molar-refractivity contribution in [1.29, 1.82) is 0 Å². The molecular formula is C18H23FN4O. The lowest BCUT2D eigenvalue weighted by atomic mass is 10.1. The van der Waals surface area contributed by atoms with Gasteiger partial charge < -0.3 is 4.74 Å². The van der Waals surface area contributed by atoms with Gasteiger partial charge in [-0.1, -0.05) is 12.1 Å². The summed E-state index contributed by atoms with van der Waals surface area (Å²) >= 11 is 0. The third-order valence-electron chi connectivity index (χ3n) is 5.04. The number of rotatable bonds is 3. The minimum atomic E-state index is -0.226. The number of halogens is 1. The Morgan fingerprint density at radius 1 is 1.29 bits per heavy atom. The minimum Gasteiger partial charge on any atom is -0.379 e. The molecular weight excluding hydrogens is 307 g/mol. The molecule has 2 aliphatic rings. The van der Waals surface area contributed by atoms with Crippen LogP contribution >= 0.6 is 0 Å². The third-order valence-corrected chi connectivity index (χ3v) is 5.04. The number of nitrogens with zero attached hydrogens (tertiary/aromatic N) is 3. The van der Waals surface area contributed by atoms with Gasteiger partial charge in [0.25, 0.3) is 0 Å². The molecule has 2 aliphatic heterocycles. The van der Waals surface area contributed by atoms with Crippen LogP contribution in [-0.4, -0.2) is 65.9 Å². The molecule has 2 saturated heterocycles. The number of H-pyrrole nitrogens is 1. The highest BCUT2D eigenvalue weighted by Gasteiger charge is 2.31. The van der Waals surface area contributed by atoms with Gasteiger partial charge in [-0.05, 0) is 19.2 Å². The molecule has 3 heterocycles. The van der Waals surface area contributed by atoms with Gasteiger partial charge in [0, 0.05) is 49.3 Å². The van der Waals surface area contributed by atoms with Crippen LogP contribution in [0, 0.1) is 11.7 Å². The fraction of sp³-hybridized carbons (Fsp3) is 0.500. The number of nitrogens with one attached hydrogen (secondary N) is 1. The van der Waals surface area contributed by atoms with Crippen molar-refractivity contribution >= 4 is 0 Å². The largest absolute Gasteiger partial charge is 0.379 e. The lowest BCUT2D eigenvalue weighted by molar-refractivity contribution is 0.0516. The second kappa shape index (κ2) is 6.63. The molecule has 24 heavy (non-hydrogen) atoms. The Morgan fingerprint density at radius 2 is 2.21 bits per heavy atom. The summed E-state index contributed by atoms with van der Waals surface area (Å²) < 4.78 is 19.3. The molecule has 2 fully saturated rings. The first-order valence-electron chi connectivity index (χ1n) is 8.47. The van der Waals surface area contributed by atoms with Gasteiger partial charge in [0.2, 0.25) is 0 Å². The molecule has 1 aromatic heterocycles. The summed E-state index contributed by atoms with van der Waals surface area (Å²) in [6.45, 7) is 5.55. The minimum absolute atomic E-state index is 0.226. The molecule has 2 atom stereocenters. The summed E-state index contributed by atoms with van der Waals surface area (Å²) in [5.41, 5.74) is 2.87. The van der Waals surface area contributed by atoms with E-state index in [0.29, 0.717) is 12.0 Å². The van der Waals surface area contributed by atoms with Gasteiger partial charge in [0.05, 0.1) is 25.1 Å². The topological polar surface area (TPSA) is 44.4 Å². The SMILES string of the molecule is CN1C[C@H]2COC[C@@H]1CN(Cc1cn[nH]c1-c1cccc(F)c1)C2. The van der Waals surface area contributed by atoms with Crippen LogP contribution in [0.25, 0.3) is 11.3 Å². The van der Waals surface area contributed by atoms with Gasteiger partial charge in [-0.3, -0.25) is 14.9 Å². The quantitative estimate of drug-likeness (QED) is 0.935. The summed E-state index contributed by atoms with van der Waals surface area (Å²) in [6, 6.07) is 7.10. The van der Waals surface area contributed by atoms with E-state index in [9.17, 15) is 4.39 Å². The number of hydrogen-bond acceptors (Lipinski definition) is 4. The van der Waals surface area contributed by atoms with Crippen molar-refractivity contribution in [2.45, 2.75) is 12.6 Å². The molecule has 2 aromatic rings. The van der Waals surface area contributed by atoms with Crippen molar-refractivity contribution in [3.05, 3.63) is 41.8 Å². The summed E-state index contributed by atoms with van der Waals surface area (Å²) in [5, 5.41) is 7.23. The molecule has 1 aromatic carbocycles. The molecule has 1 N–H and O–H groups in total. The van der Waals surface area contributed by atoms with E-state index in [1.54, 1.807) is 12.1 Å². The fourth-order valence-corrected chi connectivity index (χ4v) is 3.84. The predicted molar refractivity (Wildman–Crippen MR) is 90.0 cm³/mol. The maximum atomic E-state index is 13.5. The van der Waals surface area contributed by atoms with Gasteiger partial charge in [0.1, 0.15) is 5.82 Å². The third kappa shape index (κ3) is 3.22. The van der Waals surface area contributed by atoms with Crippen LogP contribution in [0.15, 0.2) is 30.5 Å².